The summed E-state index contributed by atoms with van der Waals surface area (Å²) in [5.74, 6) is -0.104. The van der Waals surface area contributed by atoms with E-state index < -0.39 is 15.8 Å². The van der Waals surface area contributed by atoms with Gasteiger partial charge in [0.25, 0.3) is 0 Å². The van der Waals surface area contributed by atoms with E-state index in [0.29, 0.717) is 19.4 Å². The van der Waals surface area contributed by atoms with Gasteiger partial charge in [-0.15, -0.1) is 0 Å². The molecule has 0 atom stereocenters. The van der Waals surface area contributed by atoms with Gasteiger partial charge >= 0.3 is 0 Å². The lowest BCUT2D eigenvalue weighted by molar-refractivity contribution is -0.126. The van der Waals surface area contributed by atoms with Gasteiger partial charge in [-0.2, -0.15) is 4.31 Å². The molecule has 29 heavy (non-hydrogen) atoms. The number of sulfonamides is 1. The zero-order valence-electron chi connectivity index (χ0n) is 17.1. The Balaban J connectivity index is 1.40. The molecule has 2 fully saturated rings. The van der Waals surface area contributed by atoms with Gasteiger partial charge in [-0.3, -0.25) is 4.79 Å². The molecule has 0 radical (unpaired) electrons. The van der Waals surface area contributed by atoms with Gasteiger partial charge in [0, 0.05) is 25.6 Å². The summed E-state index contributed by atoms with van der Waals surface area (Å²) < 4.78 is 40.5. The highest BCUT2D eigenvalue weighted by atomic mass is 32.2. The Morgan fingerprint density at radius 3 is 2.41 bits per heavy atom. The van der Waals surface area contributed by atoms with Crippen molar-refractivity contribution in [3.8, 4) is 0 Å². The van der Waals surface area contributed by atoms with Crippen molar-refractivity contribution in [1.29, 1.82) is 0 Å². The number of nitrogens with zero attached hydrogens (tertiary/aromatic N) is 2. The molecular formula is C21H32FN3O3S. The Morgan fingerprint density at radius 2 is 1.76 bits per heavy atom. The van der Waals surface area contributed by atoms with Crippen molar-refractivity contribution in [3.05, 3.63) is 30.1 Å². The summed E-state index contributed by atoms with van der Waals surface area (Å²) in [5.41, 5.74) is 0. The van der Waals surface area contributed by atoms with Crippen molar-refractivity contribution in [1.82, 2.24) is 14.5 Å². The molecule has 0 aliphatic carbocycles. The van der Waals surface area contributed by atoms with Crippen molar-refractivity contribution in [3.63, 3.8) is 0 Å². The number of hydrogen-bond acceptors (Lipinski definition) is 4. The van der Waals surface area contributed by atoms with Crippen LogP contribution < -0.4 is 5.32 Å². The Bertz CT molecular complexity index is 786. The molecule has 2 aliphatic rings. The van der Waals surface area contributed by atoms with Crippen LogP contribution in [0.2, 0.25) is 0 Å². The highest BCUT2D eigenvalue weighted by Gasteiger charge is 2.33. The van der Waals surface area contributed by atoms with Crippen LogP contribution in [0.5, 0.6) is 0 Å². The highest BCUT2D eigenvalue weighted by Crippen LogP contribution is 2.25. The first kappa shape index (κ1) is 22.2. The minimum absolute atomic E-state index is 0.000191. The van der Waals surface area contributed by atoms with Gasteiger partial charge in [-0.1, -0.05) is 19.1 Å². The molecule has 6 nitrogen and oxygen atoms in total. The third-order valence-electron chi connectivity index (χ3n) is 6.11. The SMILES string of the molecule is CC1CCN(CCCNC(=O)C2CCN(S(=O)(=O)c3ccccc3F)CC2)CC1. The second-order valence-electron chi connectivity index (χ2n) is 8.28. The van der Waals surface area contributed by atoms with Crippen LogP contribution in [0.3, 0.4) is 0 Å². The summed E-state index contributed by atoms with van der Waals surface area (Å²) in [7, 11) is -3.86. The molecular weight excluding hydrogens is 393 g/mol. The summed E-state index contributed by atoms with van der Waals surface area (Å²) >= 11 is 0. The Hall–Kier alpha value is -1.51. The molecule has 0 saturated carbocycles. The summed E-state index contributed by atoms with van der Waals surface area (Å²) in [6, 6.07) is 5.42. The average molecular weight is 426 g/mol. The van der Waals surface area contributed by atoms with Crippen LogP contribution in [0.4, 0.5) is 4.39 Å². The number of carbonyl (C=O) groups is 1. The first-order chi connectivity index (χ1) is 13.9. The average Bonchev–Trinajstić information content (AvgIpc) is 2.72. The number of likely N-dealkylation sites (tertiary alicyclic amines) is 1. The van der Waals surface area contributed by atoms with Crippen LogP contribution in [0.1, 0.15) is 39.0 Å². The number of piperidine rings is 2. The van der Waals surface area contributed by atoms with Gasteiger partial charge in [-0.25, -0.2) is 12.8 Å². The Morgan fingerprint density at radius 1 is 1.10 bits per heavy atom. The largest absolute Gasteiger partial charge is 0.356 e. The van der Waals surface area contributed by atoms with Crippen molar-refractivity contribution in [2.24, 2.45) is 11.8 Å². The quantitative estimate of drug-likeness (QED) is 0.682. The van der Waals surface area contributed by atoms with E-state index in [1.165, 1.54) is 35.3 Å². The van der Waals surface area contributed by atoms with Gasteiger partial charge in [0.05, 0.1) is 0 Å². The summed E-state index contributed by atoms with van der Waals surface area (Å²) in [6.07, 6.45) is 4.36. The molecule has 1 N–H and O–H groups in total. The summed E-state index contributed by atoms with van der Waals surface area (Å²) in [5, 5.41) is 3.00. The van der Waals surface area contributed by atoms with E-state index in [4.69, 9.17) is 0 Å². The molecule has 1 aromatic rings. The lowest BCUT2D eigenvalue weighted by Crippen LogP contribution is -2.43. The second kappa shape index (κ2) is 10.00. The number of benzene rings is 1. The molecule has 0 spiro atoms. The number of amides is 1. The number of hydrogen-bond donors (Lipinski definition) is 1. The van der Waals surface area contributed by atoms with Crippen LogP contribution in [-0.2, 0) is 14.8 Å². The first-order valence-corrected chi connectivity index (χ1v) is 12.1. The van der Waals surface area contributed by atoms with E-state index >= 15 is 0 Å². The maximum Gasteiger partial charge on any atom is 0.245 e. The molecule has 0 unspecified atom stereocenters. The molecule has 2 saturated heterocycles. The highest BCUT2D eigenvalue weighted by molar-refractivity contribution is 7.89. The molecule has 2 aliphatic heterocycles. The molecule has 0 bridgehead atoms. The normalized spacial score (nSPS) is 20.6. The van der Waals surface area contributed by atoms with Gasteiger partial charge in [0.1, 0.15) is 10.7 Å². The minimum Gasteiger partial charge on any atom is -0.356 e. The minimum atomic E-state index is -3.86. The van der Waals surface area contributed by atoms with E-state index in [0.717, 1.165) is 38.0 Å². The molecule has 8 heteroatoms. The predicted octanol–water partition coefficient (Wildman–Crippen LogP) is 2.46. The molecule has 1 aromatic carbocycles. The standard InChI is InChI=1S/C21H32FN3O3S/c1-17-7-13-24(14-8-17)12-4-11-23-21(26)18-9-15-25(16-10-18)29(27,28)20-6-3-2-5-19(20)22/h2-3,5-6,17-18H,4,7-16H2,1H3,(H,23,26). The van der Waals surface area contributed by atoms with Crippen LogP contribution in [0.15, 0.2) is 29.2 Å². The van der Waals surface area contributed by atoms with Gasteiger partial charge < -0.3 is 10.2 Å². The number of nitrogens with one attached hydrogen (secondary N) is 1. The maximum absolute atomic E-state index is 13.9. The van der Waals surface area contributed by atoms with Crippen LogP contribution in [0, 0.1) is 17.7 Å². The Kier molecular flexibility index (Phi) is 7.65. The molecule has 0 aromatic heterocycles. The number of rotatable bonds is 7. The molecule has 3 rings (SSSR count). The van der Waals surface area contributed by atoms with Gasteiger partial charge in [0.15, 0.2) is 0 Å². The smallest absolute Gasteiger partial charge is 0.245 e. The summed E-state index contributed by atoms with van der Waals surface area (Å²) in [6.45, 7) is 6.71. The fourth-order valence-electron chi connectivity index (χ4n) is 4.10. The predicted molar refractivity (Wildman–Crippen MR) is 110 cm³/mol. The third-order valence-corrected chi connectivity index (χ3v) is 8.04. The molecule has 2 heterocycles. The van der Waals surface area contributed by atoms with E-state index in [2.05, 4.69) is 17.1 Å². The number of halogens is 1. The van der Waals surface area contributed by atoms with E-state index in [9.17, 15) is 17.6 Å². The van der Waals surface area contributed by atoms with E-state index in [1.54, 1.807) is 0 Å². The third kappa shape index (κ3) is 5.77. The number of carbonyl (C=O) groups excluding carboxylic acids is 1. The van der Waals surface area contributed by atoms with Crippen LogP contribution >= 0.6 is 0 Å². The molecule has 1 amide bonds. The van der Waals surface area contributed by atoms with Gasteiger partial charge in [-0.05, 0) is 69.8 Å². The van der Waals surface area contributed by atoms with Crippen LogP contribution in [-0.4, -0.2) is 62.8 Å². The van der Waals surface area contributed by atoms with Crippen molar-refractivity contribution < 1.29 is 17.6 Å². The first-order valence-electron chi connectivity index (χ1n) is 10.6. The second-order valence-corrected chi connectivity index (χ2v) is 10.2. The van der Waals surface area contributed by atoms with E-state index in [-0.39, 0.29) is 29.8 Å². The van der Waals surface area contributed by atoms with Crippen molar-refractivity contribution in [2.45, 2.75) is 43.9 Å². The van der Waals surface area contributed by atoms with Crippen molar-refractivity contribution >= 4 is 15.9 Å². The van der Waals surface area contributed by atoms with Crippen LogP contribution in [0.25, 0.3) is 0 Å². The fourth-order valence-corrected chi connectivity index (χ4v) is 5.63. The maximum atomic E-state index is 13.9. The lowest BCUT2D eigenvalue weighted by Gasteiger charge is -2.31. The molecule has 162 valence electrons. The fraction of sp³-hybridized carbons (Fsp3) is 0.667. The van der Waals surface area contributed by atoms with E-state index in [1.807, 2.05) is 0 Å². The Labute approximate surface area is 173 Å². The lowest BCUT2D eigenvalue weighted by atomic mass is 9.97. The zero-order chi connectivity index (χ0) is 20.9. The van der Waals surface area contributed by atoms with Gasteiger partial charge in [0.2, 0.25) is 15.9 Å². The summed E-state index contributed by atoms with van der Waals surface area (Å²) in [4.78, 5) is 14.6. The monoisotopic (exact) mass is 425 g/mol. The van der Waals surface area contributed by atoms with Crippen molar-refractivity contribution in [2.75, 3.05) is 39.3 Å². The zero-order valence-corrected chi connectivity index (χ0v) is 18.0. The topological polar surface area (TPSA) is 69.7 Å².